The number of phenolic OH excluding ortho intramolecular Hbond substituents is 1. The first-order valence-corrected chi connectivity index (χ1v) is 8.86. The zero-order valence-corrected chi connectivity index (χ0v) is 14.9. The summed E-state index contributed by atoms with van der Waals surface area (Å²) in [7, 11) is 0. The molecule has 0 spiro atoms. The van der Waals surface area contributed by atoms with E-state index in [2.05, 4.69) is 10.6 Å². The molecule has 4 heteroatoms. The average molecular weight is 356 g/mol. The first-order chi connectivity index (χ1) is 13.1. The van der Waals surface area contributed by atoms with Gasteiger partial charge >= 0.3 is 0 Å². The summed E-state index contributed by atoms with van der Waals surface area (Å²) in [6.45, 7) is 1.89. The van der Waals surface area contributed by atoms with Gasteiger partial charge in [-0.3, -0.25) is 4.79 Å². The van der Waals surface area contributed by atoms with E-state index < -0.39 is 0 Å². The maximum absolute atomic E-state index is 13.2. The third kappa shape index (κ3) is 3.17. The van der Waals surface area contributed by atoms with Crippen LogP contribution in [0, 0.1) is 0 Å². The zero-order valence-electron chi connectivity index (χ0n) is 14.9. The molecule has 3 aromatic rings. The summed E-state index contributed by atoms with van der Waals surface area (Å²) in [5.41, 5.74) is 4.59. The van der Waals surface area contributed by atoms with Gasteiger partial charge in [0.1, 0.15) is 5.75 Å². The van der Waals surface area contributed by atoms with Gasteiger partial charge in [-0.05, 0) is 36.8 Å². The van der Waals surface area contributed by atoms with E-state index in [-0.39, 0.29) is 17.6 Å². The molecular weight excluding hydrogens is 336 g/mol. The van der Waals surface area contributed by atoms with Crippen LogP contribution in [0.4, 0.5) is 11.4 Å². The van der Waals surface area contributed by atoms with E-state index >= 15 is 0 Å². The highest BCUT2D eigenvalue weighted by molar-refractivity contribution is 6.07. The largest absolute Gasteiger partial charge is 0.508 e. The molecule has 1 amide bonds. The molecule has 1 heterocycles. The molecule has 0 aliphatic carbocycles. The number of rotatable bonds is 3. The molecule has 1 aliphatic heterocycles. The van der Waals surface area contributed by atoms with Crippen LogP contribution in [-0.2, 0) is 4.79 Å². The van der Waals surface area contributed by atoms with Crippen molar-refractivity contribution in [2.45, 2.75) is 12.8 Å². The fourth-order valence-corrected chi connectivity index (χ4v) is 3.60. The Morgan fingerprint density at radius 1 is 0.926 bits per heavy atom. The molecule has 0 bridgehead atoms. The van der Waals surface area contributed by atoms with E-state index in [0.29, 0.717) is 11.1 Å². The lowest BCUT2D eigenvalue weighted by atomic mass is 9.80. The Bertz CT molecular complexity index is 1010. The molecule has 134 valence electrons. The van der Waals surface area contributed by atoms with Crippen molar-refractivity contribution in [2.75, 3.05) is 10.6 Å². The fourth-order valence-electron chi connectivity index (χ4n) is 3.60. The summed E-state index contributed by atoms with van der Waals surface area (Å²) >= 11 is 0. The number of hydrogen-bond donors (Lipinski definition) is 3. The third-order valence-corrected chi connectivity index (χ3v) is 4.80. The highest BCUT2D eigenvalue weighted by Gasteiger charge is 2.34. The Balaban J connectivity index is 1.83. The van der Waals surface area contributed by atoms with Crippen LogP contribution >= 0.6 is 0 Å². The normalized spacial score (nSPS) is 15.7. The van der Waals surface area contributed by atoms with E-state index in [9.17, 15) is 9.90 Å². The van der Waals surface area contributed by atoms with Crippen LogP contribution in [0.3, 0.4) is 0 Å². The number of amides is 1. The van der Waals surface area contributed by atoms with Crippen LogP contribution in [0.25, 0.3) is 0 Å². The smallest absolute Gasteiger partial charge is 0.254 e. The first-order valence-electron chi connectivity index (χ1n) is 8.86. The van der Waals surface area contributed by atoms with E-state index in [1.807, 2.05) is 73.7 Å². The standard InChI is InChI=1S/C23H20N2O2/c1-15-20(23(27)25-17-11-6-3-7-12-17)21(16-9-4-2-5-10-16)22-18(24-15)13-8-14-19(22)26/h2-14,21,24,26H,1H3,(H,25,27). The van der Waals surface area contributed by atoms with Gasteiger partial charge in [0, 0.05) is 34.1 Å². The van der Waals surface area contributed by atoms with Gasteiger partial charge in [-0.2, -0.15) is 0 Å². The summed E-state index contributed by atoms with van der Waals surface area (Å²) < 4.78 is 0. The van der Waals surface area contributed by atoms with Crippen LogP contribution in [0.2, 0.25) is 0 Å². The molecule has 1 atom stereocenters. The second kappa shape index (κ2) is 7.00. The predicted molar refractivity (Wildman–Crippen MR) is 108 cm³/mol. The maximum Gasteiger partial charge on any atom is 0.254 e. The van der Waals surface area contributed by atoms with Gasteiger partial charge in [0.05, 0.1) is 0 Å². The maximum atomic E-state index is 13.2. The van der Waals surface area contributed by atoms with Crippen molar-refractivity contribution in [3.63, 3.8) is 0 Å². The molecule has 3 aromatic carbocycles. The second-order valence-corrected chi connectivity index (χ2v) is 6.57. The van der Waals surface area contributed by atoms with Gasteiger partial charge in [-0.25, -0.2) is 0 Å². The lowest BCUT2D eigenvalue weighted by Gasteiger charge is -2.31. The van der Waals surface area contributed by atoms with Gasteiger partial charge in [-0.15, -0.1) is 0 Å². The van der Waals surface area contributed by atoms with Crippen molar-refractivity contribution in [3.8, 4) is 5.75 Å². The van der Waals surface area contributed by atoms with E-state index in [0.717, 1.165) is 22.6 Å². The topological polar surface area (TPSA) is 61.4 Å². The van der Waals surface area contributed by atoms with Crippen molar-refractivity contribution in [1.29, 1.82) is 0 Å². The molecule has 0 saturated heterocycles. The zero-order chi connectivity index (χ0) is 18.8. The van der Waals surface area contributed by atoms with E-state index in [4.69, 9.17) is 0 Å². The number of nitrogens with one attached hydrogen (secondary N) is 2. The monoisotopic (exact) mass is 356 g/mol. The van der Waals surface area contributed by atoms with Crippen LogP contribution in [0.1, 0.15) is 24.0 Å². The van der Waals surface area contributed by atoms with Crippen LogP contribution in [0.5, 0.6) is 5.75 Å². The Hall–Kier alpha value is -3.53. The summed E-state index contributed by atoms with van der Waals surface area (Å²) in [4.78, 5) is 13.2. The summed E-state index contributed by atoms with van der Waals surface area (Å²) in [6.07, 6.45) is 0. The minimum absolute atomic E-state index is 0.173. The molecule has 0 fully saturated rings. The molecule has 0 radical (unpaired) electrons. The second-order valence-electron chi connectivity index (χ2n) is 6.57. The van der Waals surface area contributed by atoms with Crippen molar-refractivity contribution < 1.29 is 9.90 Å². The molecule has 1 aliphatic rings. The molecule has 0 aromatic heterocycles. The summed E-state index contributed by atoms with van der Waals surface area (Å²) in [5.74, 6) is -0.368. The van der Waals surface area contributed by atoms with E-state index in [1.54, 1.807) is 12.1 Å². The lowest BCUT2D eigenvalue weighted by molar-refractivity contribution is -0.113. The highest BCUT2D eigenvalue weighted by Crippen LogP contribution is 2.45. The average Bonchev–Trinajstić information content (AvgIpc) is 2.68. The Morgan fingerprint density at radius 3 is 2.30 bits per heavy atom. The number of para-hydroxylation sites is 1. The molecule has 0 saturated carbocycles. The first kappa shape index (κ1) is 16.9. The summed E-state index contributed by atoms with van der Waals surface area (Å²) in [5, 5.41) is 16.8. The predicted octanol–water partition coefficient (Wildman–Crippen LogP) is 4.86. The van der Waals surface area contributed by atoms with Crippen molar-refractivity contribution in [3.05, 3.63) is 101 Å². The van der Waals surface area contributed by atoms with E-state index in [1.165, 1.54) is 0 Å². The number of aromatic hydroxyl groups is 1. The minimum Gasteiger partial charge on any atom is -0.508 e. The van der Waals surface area contributed by atoms with Crippen molar-refractivity contribution >= 4 is 17.3 Å². The number of benzene rings is 3. The SMILES string of the molecule is CC1=C(C(=O)Nc2ccccc2)C(c2ccccc2)c2c(O)cccc2N1. The number of anilines is 2. The number of fused-ring (bicyclic) bond motifs is 1. The third-order valence-electron chi connectivity index (χ3n) is 4.80. The van der Waals surface area contributed by atoms with Crippen LogP contribution in [0.15, 0.2) is 90.1 Å². The minimum atomic E-state index is -0.354. The Labute approximate surface area is 158 Å². The van der Waals surface area contributed by atoms with Crippen molar-refractivity contribution in [1.82, 2.24) is 0 Å². The number of phenols is 1. The summed E-state index contributed by atoms with van der Waals surface area (Å²) in [6, 6.07) is 24.5. The Morgan fingerprint density at radius 2 is 1.59 bits per heavy atom. The molecule has 27 heavy (non-hydrogen) atoms. The van der Waals surface area contributed by atoms with Gasteiger partial charge in [-0.1, -0.05) is 54.6 Å². The van der Waals surface area contributed by atoms with Crippen molar-refractivity contribution in [2.24, 2.45) is 0 Å². The molecule has 3 N–H and O–H groups in total. The van der Waals surface area contributed by atoms with Gasteiger partial charge in [0.25, 0.3) is 5.91 Å². The number of allylic oxidation sites excluding steroid dienone is 1. The lowest BCUT2D eigenvalue weighted by Crippen LogP contribution is -2.27. The number of hydrogen-bond acceptors (Lipinski definition) is 3. The highest BCUT2D eigenvalue weighted by atomic mass is 16.3. The van der Waals surface area contributed by atoms with Gasteiger partial charge in [0.2, 0.25) is 0 Å². The molecule has 4 rings (SSSR count). The van der Waals surface area contributed by atoms with Crippen LogP contribution < -0.4 is 10.6 Å². The molecule has 4 nitrogen and oxygen atoms in total. The number of carbonyl (C=O) groups excluding carboxylic acids is 1. The molecule has 1 unspecified atom stereocenters. The fraction of sp³-hybridized carbons (Fsp3) is 0.0870. The molecular formula is C23H20N2O2. The van der Waals surface area contributed by atoms with Crippen LogP contribution in [-0.4, -0.2) is 11.0 Å². The van der Waals surface area contributed by atoms with Gasteiger partial charge < -0.3 is 15.7 Å². The number of carbonyl (C=O) groups is 1. The quantitative estimate of drug-likeness (QED) is 0.628. The van der Waals surface area contributed by atoms with Gasteiger partial charge in [0.15, 0.2) is 0 Å². The Kier molecular flexibility index (Phi) is 4.38.